The van der Waals surface area contributed by atoms with Crippen LogP contribution >= 0.6 is 0 Å². The van der Waals surface area contributed by atoms with Crippen molar-refractivity contribution in [3.05, 3.63) is 35.7 Å². The van der Waals surface area contributed by atoms with Gasteiger partial charge >= 0.3 is 0 Å². The lowest BCUT2D eigenvalue weighted by molar-refractivity contribution is -0.116. The molecule has 0 bridgehead atoms. The Kier molecular flexibility index (Phi) is 4.12. The molecule has 0 unspecified atom stereocenters. The third kappa shape index (κ3) is 3.80. The predicted molar refractivity (Wildman–Crippen MR) is 69.0 cm³/mol. The van der Waals surface area contributed by atoms with Crippen molar-refractivity contribution in [2.75, 3.05) is 12.4 Å². The molecule has 0 aromatic carbocycles. The zero-order valence-corrected chi connectivity index (χ0v) is 10.8. The first-order chi connectivity index (χ1) is 9.17. The molecule has 0 atom stereocenters. The van der Waals surface area contributed by atoms with Crippen LogP contribution in [0.1, 0.15) is 17.9 Å². The summed E-state index contributed by atoms with van der Waals surface area (Å²) in [4.78, 5) is 15.9. The SMILES string of the molecule is COc1cc(CCC(=O)Nc2cccc(C)n2)on1. The van der Waals surface area contributed by atoms with Crippen molar-refractivity contribution in [2.45, 2.75) is 19.8 Å². The number of carbonyl (C=O) groups is 1. The molecule has 6 nitrogen and oxygen atoms in total. The smallest absolute Gasteiger partial charge is 0.254 e. The maximum absolute atomic E-state index is 11.7. The van der Waals surface area contributed by atoms with E-state index in [-0.39, 0.29) is 5.91 Å². The Balaban J connectivity index is 1.84. The summed E-state index contributed by atoms with van der Waals surface area (Å²) in [5.41, 5.74) is 0.859. The van der Waals surface area contributed by atoms with Gasteiger partial charge in [-0.1, -0.05) is 6.07 Å². The van der Waals surface area contributed by atoms with E-state index in [1.807, 2.05) is 19.1 Å². The van der Waals surface area contributed by atoms with Crippen LogP contribution in [0, 0.1) is 6.92 Å². The molecule has 0 saturated heterocycles. The van der Waals surface area contributed by atoms with Gasteiger partial charge in [-0.2, -0.15) is 0 Å². The molecular formula is C13H15N3O3. The highest BCUT2D eigenvalue weighted by molar-refractivity contribution is 5.89. The quantitative estimate of drug-likeness (QED) is 0.890. The van der Waals surface area contributed by atoms with Crippen molar-refractivity contribution in [1.29, 1.82) is 0 Å². The van der Waals surface area contributed by atoms with Gasteiger partial charge in [0.15, 0.2) is 0 Å². The van der Waals surface area contributed by atoms with Crippen LogP contribution in [0.15, 0.2) is 28.8 Å². The Morgan fingerprint density at radius 3 is 3.00 bits per heavy atom. The largest absolute Gasteiger partial charge is 0.479 e. The number of rotatable bonds is 5. The molecule has 0 aliphatic rings. The summed E-state index contributed by atoms with van der Waals surface area (Å²) in [7, 11) is 1.51. The van der Waals surface area contributed by atoms with E-state index in [4.69, 9.17) is 9.26 Å². The minimum absolute atomic E-state index is 0.117. The van der Waals surface area contributed by atoms with E-state index in [2.05, 4.69) is 15.5 Å². The summed E-state index contributed by atoms with van der Waals surface area (Å²) in [5.74, 6) is 1.47. The van der Waals surface area contributed by atoms with Crippen LogP contribution in [-0.2, 0) is 11.2 Å². The highest BCUT2D eigenvalue weighted by Crippen LogP contribution is 2.12. The number of nitrogens with one attached hydrogen (secondary N) is 1. The van der Waals surface area contributed by atoms with Crippen LogP contribution in [0.4, 0.5) is 5.82 Å². The van der Waals surface area contributed by atoms with Gasteiger partial charge in [0.05, 0.1) is 7.11 Å². The first kappa shape index (κ1) is 13.1. The number of hydrogen-bond acceptors (Lipinski definition) is 5. The van der Waals surface area contributed by atoms with Crippen LogP contribution in [0.25, 0.3) is 0 Å². The highest BCUT2D eigenvalue weighted by atomic mass is 16.5. The summed E-state index contributed by atoms with van der Waals surface area (Å²) in [5, 5.41) is 6.40. The number of ether oxygens (including phenoxy) is 1. The first-order valence-electron chi connectivity index (χ1n) is 5.90. The molecule has 1 amide bonds. The van der Waals surface area contributed by atoms with E-state index in [9.17, 15) is 4.79 Å². The Hall–Kier alpha value is -2.37. The number of anilines is 1. The van der Waals surface area contributed by atoms with E-state index in [1.165, 1.54) is 7.11 Å². The molecule has 1 N–H and O–H groups in total. The van der Waals surface area contributed by atoms with Crippen molar-refractivity contribution in [3.63, 3.8) is 0 Å². The number of methoxy groups -OCH3 is 1. The van der Waals surface area contributed by atoms with Crippen LogP contribution in [0.2, 0.25) is 0 Å². The van der Waals surface area contributed by atoms with Gasteiger partial charge in [-0.25, -0.2) is 4.98 Å². The van der Waals surface area contributed by atoms with E-state index in [0.29, 0.717) is 30.3 Å². The summed E-state index contributed by atoms with van der Waals surface area (Å²) in [6.07, 6.45) is 0.766. The minimum Gasteiger partial charge on any atom is -0.479 e. The molecular weight excluding hydrogens is 246 g/mol. The molecule has 2 aromatic heterocycles. The molecule has 0 fully saturated rings. The molecule has 0 saturated carbocycles. The van der Waals surface area contributed by atoms with E-state index >= 15 is 0 Å². The van der Waals surface area contributed by atoms with Gasteiger partial charge < -0.3 is 14.6 Å². The lowest BCUT2D eigenvalue weighted by atomic mass is 10.2. The predicted octanol–water partition coefficient (Wildman–Crippen LogP) is 1.96. The van der Waals surface area contributed by atoms with Crippen LogP contribution < -0.4 is 10.1 Å². The Morgan fingerprint density at radius 1 is 1.47 bits per heavy atom. The maximum atomic E-state index is 11.7. The average Bonchev–Trinajstić information content (AvgIpc) is 2.84. The number of carbonyl (C=O) groups excluding carboxylic acids is 1. The normalized spacial score (nSPS) is 10.2. The van der Waals surface area contributed by atoms with Gasteiger partial charge in [-0.15, -0.1) is 0 Å². The number of hydrogen-bond donors (Lipinski definition) is 1. The lowest BCUT2D eigenvalue weighted by Crippen LogP contribution is -2.13. The molecule has 0 spiro atoms. The van der Waals surface area contributed by atoms with Crippen LogP contribution in [0.3, 0.4) is 0 Å². The van der Waals surface area contributed by atoms with Gasteiger partial charge in [-0.3, -0.25) is 4.79 Å². The van der Waals surface area contributed by atoms with E-state index in [1.54, 1.807) is 12.1 Å². The number of amides is 1. The average molecular weight is 261 g/mol. The monoisotopic (exact) mass is 261 g/mol. The van der Waals surface area contributed by atoms with E-state index in [0.717, 1.165) is 5.69 Å². The van der Waals surface area contributed by atoms with Crippen LogP contribution in [-0.4, -0.2) is 23.2 Å². The molecule has 0 radical (unpaired) electrons. The first-order valence-corrected chi connectivity index (χ1v) is 5.90. The fourth-order valence-electron chi connectivity index (χ4n) is 1.56. The summed E-state index contributed by atoms with van der Waals surface area (Å²) >= 11 is 0. The number of aromatic nitrogens is 2. The summed E-state index contributed by atoms with van der Waals surface area (Å²) < 4.78 is 9.90. The van der Waals surface area contributed by atoms with Gasteiger partial charge in [0.2, 0.25) is 5.91 Å². The van der Waals surface area contributed by atoms with Gasteiger partial charge in [0.1, 0.15) is 11.6 Å². The number of pyridine rings is 1. The summed E-state index contributed by atoms with van der Waals surface area (Å²) in [6.45, 7) is 1.87. The zero-order chi connectivity index (χ0) is 13.7. The second kappa shape index (κ2) is 5.99. The molecule has 0 aliphatic carbocycles. The standard InChI is InChI=1S/C13H15N3O3/c1-9-4-3-5-11(14-9)15-12(17)7-6-10-8-13(18-2)16-19-10/h3-5,8H,6-7H2,1-2H3,(H,14,15,17). The molecule has 6 heteroatoms. The van der Waals surface area contributed by atoms with Crippen molar-refractivity contribution < 1.29 is 14.1 Å². The topological polar surface area (TPSA) is 77.2 Å². The molecule has 0 aliphatic heterocycles. The van der Waals surface area contributed by atoms with E-state index < -0.39 is 0 Å². The third-order valence-corrected chi connectivity index (χ3v) is 2.50. The highest BCUT2D eigenvalue weighted by Gasteiger charge is 2.08. The van der Waals surface area contributed by atoms with Crippen molar-refractivity contribution in [2.24, 2.45) is 0 Å². The van der Waals surface area contributed by atoms with Gasteiger partial charge in [0.25, 0.3) is 5.88 Å². The second-order valence-corrected chi connectivity index (χ2v) is 4.05. The molecule has 19 heavy (non-hydrogen) atoms. The lowest BCUT2D eigenvalue weighted by Gasteiger charge is -2.03. The van der Waals surface area contributed by atoms with Crippen LogP contribution in [0.5, 0.6) is 5.88 Å². The molecule has 2 heterocycles. The fraction of sp³-hybridized carbons (Fsp3) is 0.308. The zero-order valence-electron chi connectivity index (χ0n) is 10.8. The minimum atomic E-state index is -0.117. The van der Waals surface area contributed by atoms with Crippen molar-refractivity contribution >= 4 is 11.7 Å². The Labute approximate surface area is 110 Å². The number of nitrogens with zero attached hydrogens (tertiary/aromatic N) is 2. The molecule has 2 rings (SSSR count). The Bertz CT molecular complexity index is 566. The molecule has 2 aromatic rings. The van der Waals surface area contributed by atoms with Gasteiger partial charge in [-0.05, 0) is 24.2 Å². The maximum Gasteiger partial charge on any atom is 0.254 e. The van der Waals surface area contributed by atoms with Crippen molar-refractivity contribution in [1.82, 2.24) is 10.1 Å². The second-order valence-electron chi connectivity index (χ2n) is 4.05. The Morgan fingerprint density at radius 2 is 2.32 bits per heavy atom. The summed E-state index contributed by atoms with van der Waals surface area (Å²) in [6, 6.07) is 7.14. The molecule has 100 valence electrons. The third-order valence-electron chi connectivity index (χ3n) is 2.50. The number of aryl methyl sites for hydroxylation is 2. The van der Waals surface area contributed by atoms with Gasteiger partial charge in [0, 0.05) is 24.6 Å². The van der Waals surface area contributed by atoms with Crippen molar-refractivity contribution in [3.8, 4) is 5.88 Å². The fourth-order valence-corrected chi connectivity index (χ4v) is 1.56.